The lowest BCUT2D eigenvalue weighted by atomic mass is 9.92. The van der Waals surface area contributed by atoms with Crippen molar-refractivity contribution in [2.45, 2.75) is 32.0 Å². The molecule has 0 aliphatic rings. The summed E-state index contributed by atoms with van der Waals surface area (Å²) in [6.45, 7) is 1.20. The summed E-state index contributed by atoms with van der Waals surface area (Å²) in [5.74, 6) is -4.37. The van der Waals surface area contributed by atoms with Crippen molar-refractivity contribution in [3.8, 4) is 0 Å². The Bertz CT molecular complexity index is 903. The Labute approximate surface area is 179 Å². The van der Waals surface area contributed by atoms with Crippen molar-refractivity contribution < 1.29 is 33.8 Å². The number of carbonyl (C=O) groups excluding carboxylic acids is 3. The third-order valence-electron chi connectivity index (χ3n) is 4.45. The summed E-state index contributed by atoms with van der Waals surface area (Å²) in [6, 6.07) is 14.8. The van der Waals surface area contributed by atoms with Gasteiger partial charge >= 0.3 is 18.1 Å². The van der Waals surface area contributed by atoms with E-state index in [2.05, 4.69) is 10.1 Å². The van der Waals surface area contributed by atoms with E-state index in [4.69, 9.17) is 10.5 Å². The highest BCUT2D eigenvalue weighted by Crippen LogP contribution is 2.13. The van der Waals surface area contributed by atoms with Crippen LogP contribution in [0, 0.1) is 5.92 Å². The predicted octanol–water partition coefficient (Wildman–Crippen LogP) is 1.64. The summed E-state index contributed by atoms with van der Waals surface area (Å²) in [5.41, 5.74) is 7.24. The van der Waals surface area contributed by atoms with E-state index in [1.807, 2.05) is 0 Å². The summed E-state index contributed by atoms with van der Waals surface area (Å²) < 4.78 is 9.39. The van der Waals surface area contributed by atoms with Gasteiger partial charge in [-0.25, -0.2) is 9.59 Å². The topological polar surface area (TPSA) is 145 Å². The molecule has 0 saturated carbocycles. The highest BCUT2D eigenvalue weighted by molar-refractivity contribution is 5.92. The summed E-state index contributed by atoms with van der Waals surface area (Å²) in [4.78, 5) is 47.7. The number of rotatable bonds is 9. The summed E-state index contributed by atoms with van der Waals surface area (Å²) in [7, 11) is 0. The van der Waals surface area contributed by atoms with Crippen LogP contribution in [0.25, 0.3) is 0 Å². The molecule has 0 fully saturated rings. The fraction of sp³-hybridized carbons (Fsp3) is 0.273. The van der Waals surface area contributed by atoms with E-state index < -0.39 is 42.0 Å². The number of hydrogen-bond donors (Lipinski definition) is 3. The molecule has 4 N–H and O–H groups in total. The summed E-state index contributed by atoms with van der Waals surface area (Å²) >= 11 is 0. The quantitative estimate of drug-likeness (QED) is 0.404. The molecule has 2 aromatic rings. The molecule has 1 amide bonds. The van der Waals surface area contributed by atoms with E-state index in [1.54, 1.807) is 60.7 Å². The van der Waals surface area contributed by atoms with Gasteiger partial charge in [-0.2, -0.15) is 0 Å². The molecule has 0 aliphatic carbocycles. The molecule has 0 aliphatic heterocycles. The minimum atomic E-state index is -1.42. The standard InChI is InChI=1S/C22H24N2O7/c1-14(21(28)31-22(29)30-13-16-10-6-3-7-11-16)24-19(25)18(23)17(20(26)27)12-15-8-4-2-5-9-15/h2-11,14,17-18H,12-13,23H2,1H3,(H,24,25)(H,26,27)/t14-,17?,18+/m1/s1. The van der Waals surface area contributed by atoms with Crippen LogP contribution in [0.2, 0.25) is 0 Å². The van der Waals surface area contributed by atoms with Crippen LogP contribution in [0.4, 0.5) is 4.79 Å². The number of esters is 1. The number of benzene rings is 2. The second kappa shape index (κ2) is 11.5. The molecular formula is C22H24N2O7. The monoisotopic (exact) mass is 428 g/mol. The molecule has 1 unspecified atom stereocenters. The van der Waals surface area contributed by atoms with Gasteiger partial charge in [-0.15, -0.1) is 0 Å². The Morgan fingerprint density at radius 3 is 2.06 bits per heavy atom. The molecule has 0 saturated heterocycles. The number of aliphatic carboxylic acids is 1. The number of carbonyl (C=O) groups is 4. The van der Waals surface area contributed by atoms with Crippen molar-refractivity contribution >= 4 is 24.0 Å². The Kier molecular flexibility index (Phi) is 8.71. The van der Waals surface area contributed by atoms with E-state index in [0.29, 0.717) is 11.1 Å². The second-order valence-electron chi connectivity index (χ2n) is 6.84. The Morgan fingerprint density at radius 1 is 0.968 bits per heavy atom. The highest BCUT2D eigenvalue weighted by Gasteiger charge is 2.33. The number of carboxylic acids is 1. The minimum Gasteiger partial charge on any atom is -0.481 e. The van der Waals surface area contributed by atoms with E-state index in [-0.39, 0.29) is 13.0 Å². The maximum Gasteiger partial charge on any atom is 0.516 e. The van der Waals surface area contributed by atoms with Gasteiger partial charge in [0.15, 0.2) is 0 Å². The lowest BCUT2D eigenvalue weighted by molar-refractivity contribution is -0.146. The van der Waals surface area contributed by atoms with Gasteiger partial charge in [-0.05, 0) is 24.5 Å². The van der Waals surface area contributed by atoms with Crippen LogP contribution in [-0.2, 0) is 36.9 Å². The maximum atomic E-state index is 12.4. The van der Waals surface area contributed by atoms with Gasteiger partial charge in [0.2, 0.25) is 5.91 Å². The summed E-state index contributed by atoms with van der Waals surface area (Å²) in [5, 5.41) is 11.7. The number of ether oxygens (including phenoxy) is 2. The molecule has 2 aromatic carbocycles. The van der Waals surface area contributed by atoms with Gasteiger partial charge in [0.05, 0.1) is 12.0 Å². The second-order valence-corrected chi connectivity index (χ2v) is 6.84. The SMILES string of the molecule is C[C@@H](NC(=O)[C@@H](N)C(Cc1ccccc1)C(=O)O)C(=O)OC(=O)OCc1ccccc1. The van der Waals surface area contributed by atoms with E-state index in [1.165, 1.54) is 6.92 Å². The van der Waals surface area contributed by atoms with Gasteiger partial charge in [0, 0.05) is 0 Å². The molecule has 3 atom stereocenters. The van der Waals surface area contributed by atoms with Crippen molar-refractivity contribution in [3.63, 3.8) is 0 Å². The fourth-order valence-corrected chi connectivity index (χ4v) is 2.70. The number of nitrogens with two attached hydrogens (primary N) is 1. The molecule has 0 aromatic heterocycles. The molecule has 0 spiro atoms. The highest BCUT2D eigenvalue weighted by atomic mass is 16.7. The van der Waals surface area contributed by atoms with Crippen LogP contribution in [0.1, 0.15) is 18.1 Å². The lowest BCUT2D eigenvalue weighted by Gasteiger charge is -2.21. The van der Waals surface area contributed by atoms with E-state index in [9.17, 15) is 24.3 Å². The minimum absolute atomic E-state index is 0.0371. The van der Waals surface area contributed by atoms with Gasteiger partial charge < -0.3 is 25.6 Å². The summed E-state index contributed by atoms with van der Waals surface area (Å²) in [6.07, 6.45) is -1.18. The molecule has 0 radical (unpaired) electrons. The average Bonchev–Trinajstić information content (AvgIpc) is 2.76. The zero-order valence-electron chi connectivity index (χ0n) is 16.9. The third-order valence-corrected chi connectivity index (χ3v) is 4.45. The van der Waals surface area contributed by atoms with E-state index >= 15 is 0 Å². The zero-order valence-corrected chi connectivity index (χ0v) is 16.9. The molecule has 31 heavy (non-hydrogen) atoms. The first-order valence-corrected chi connectivity index (χ1v) is 9.53. The van der Waals surface area contributed by atoms with E-state index in [0.717, 1.165) is 0 Å². The molecule has 9 heteroatoms. The lowest BCUT2D eigenvalue weighted by Crippen LogP contribution is -2.52. The third kappa shape index (κ3) is 7.56. The molecule has 0 heterocycles. The smallest absolute Gasteiger partial charge is 0.481 e. The van der Waals surface area contributed by atoms with Crippen molar-refractivity contribution in [1.29, 1.82) is 0 Å². The molecule has 2 rings (SSSR count). The number of nitrogens with one attached hydrogen (secondary N) is 1. The van der Waals surface area contributed by atoms with Crippen LogP contribution >= 0.6 is 0 Å². The largest absolute Gasteiger partial charge is 0.516 e. The number of amides is 1. The van der Waals surface area contributed by atoms with Crippen LogP contribution in [-0.4, -0.2) is 41.2 Å². The van der Waals surface area contributed by atoms with Gasteiger partial charge in [-0.3, -0.25) is 9.59 Å². The Hall–Kier alpha value is -3.72. The van der Waals surface area contributed by atoms with Crippen LogP contribution in [0.3, 0.4) is 0 Å². The molecule has 9 nitrogen and oxygen atoms in total. The van der Waals surface area contributed by atoms with Gasteiger partial charge in [0.25, 0.3) is 0 Å². The van der Waals surface area contributed by atoms with Crippen LogP contribution in [0.15, 0.2) is 60.7 Å². The van der Waals surface area contributed by atoms with Crippen molar-refractivity contribution in [1.82, 2.24) is 5.32 Å². The van der Waals surface area contributed by atoms with Crippen LogP contribution < -0.4 is 11.1 Å². The number of carboxylic acid groups (broad SMARTS) is 1. The first-order chi connectivity index (χ1) is 14.8. The Morgan fingerprint density at radius 2 is 1.52 bits per heavy atom. The maximum absolute atomic E-state index is 12.4. The zero-order chi connectivity index (χ0) is 22.8. The van der Waals surface area contributed by atoms with Crippen molar-refractivity contribution in [2.24, 2.45) is 11.7 Å². The number of hydrogen-bond acceptors (Lipinski definition) is 7. The first-order valence-electron chi connectivity index (χ1n) is 9.53. The molecule has 0 bridgehead atoms. The first kappa shape index (κ1) is 23.6. The predicted molar refractivity (Wildman–Crippen MR) is 110 cm³/mol. The van der Waals surface area contributed by atoms with Crippen LogP contribution in [0.5, 0.6) is 0 Å². The van der Waals surface area contributed by atoms with Gasteiger partial charge in [0.1, 0.15) is 12.6 Å². The molecular weight excluding hydrogens is 404 g/mol. The van der Waals surface area contributed by atoms with Gasteiger partial charge in [-0.1, -0.05) is 60.7 Å². The van der Waals surface area contributed by atoms with Crippen molar-refractivity contribution in [2.75, 3.05) is 0 Å². The molecule has 164 valence electrons. The van der Waals surface area contributed by atoms with Crippen molar-refractivity contribution in [3.05, 3.63) is 71.8 Å². The Balaban J connectivity index is 1.86. The fourth-order valence-electron chi connectivity index (χ4n) is 2.70. The average molecular weight is 428 g/mol. The normalized spacial score (nSPS) is 13.4.